The Morgan fingerprint density at radius 2 is 2.10 bits per heavy atom. The third-order valence-electron chi connectivity index (χ3n) is 2.39. The summed E-state index contributed by atoms with van der Waals surface area (Å²) in [6.45, 7) is 0.697. The highest BCUT2D eigenvalue weighted by atomic mass is 19.4. The Hall–Kier alpha value is -1.83. The van der Waals surface area contributed by atoms with E-state index < -0.39 is 37.0 Å². The van der Waals surface area contributed by atoms with Crippen molar-refractivity contribution in [1.29, 1.82) is 0 Å². The largest absolute Gasteiger partial charge is 0.397 e. The Morgan fingerprint density at radius 3 is 2.65 bits per heavy atom. The van der Waals surface area contributed by atoms with Gasteiger partial charge in [-0.2, -0.15) is 13.2 Å². The first-order valence-corrected chi connectivity index (χ1v) is 5.73. The van der Waals surface area contributed by atoms with E-state index in [4.69, 9.17) is 10.5 Å². The molecule has 0 bridgehead atoms. The molecular weight excluding hydrogens is 280 g/mol. The zero-order valence-corrected chi connectivity index (χ0v) is 10.6. The summed E-state index contributed by atoms with van der Waals surface area (Å²) < 4.78 is 53.3. The molecule has 0 fully saturated rings. The fourth-order valence-electron chi connectivity index (χ4n) is 1.31. The molecule has 0 aliphatic rings. The molecule has 3 N–H and O–H groups in total. The lowest BCUT2D eigenvalue weighted by molar-refractivity contribution is -0.152. The van der Waals surface area contributed by atoms with Crippen molar-refractivity contribution in [2.75, 3.05) is 17.7 Å². The second-order valence-corrected chi connectivity index (χ2v) is 4.10. The van der Waals surface area contributed by atoms with E-state index in [0.29, 0.717) is 0 Å². The third-order valence-corrected chi connectivity index (χ3v) is 2.39. The molecule has 0 spiro atoms. The molecule has 0 saturated heterocycles. The van der Waals surface area contributed by atoms with E-state index in [0.717, 1.165) is 12.1 Å². The molecule has 0 aliphatic heterocycles. The van der Waals surface area contributed by atoms with Gasteiger partial charge in [0.25, 0.3) is 5.91 Å². The molecule has 0 aromatic heterocycles. The zero-order chi connectivity index (χ0) is 15.3. The lowest BCUT2D eigenvalue weighted by atomic mass is 10.2. The maximum absolute atomic E-state index is 12.8. The summed E-state index contributed by atoms with van der Waals surface area (Å²) in [5.41, 5.74) is 5.67. The van der Waals surface area contributed by atoms with Crippen LogP contribution in [-0.2, 0) is 9.53 Å². The van der Waals surface area contributed by atoms with E-state index >= 15 is 0 Å². The molecule has 1 amide bonds. The molecule has 0 heterocycles. The molecule has 112 valence electrons. The number of benzene rings is 1. The molecule has 8 heteroatoms. The first-order valence-electron chi connectivity index (χ1n) is 5.73. The highest BCUT2D eigenvalue weighted by Crippen LogP contribution is 2.21. The van der Waals surface area contributed by atoms with Crippen LogP contribution < -0.4 is 11.1 Å². The second kappa shape index (κ2) is 6.56. The van der Waals surface area contributed by atoms with E-state index in [1.165, 1.54) is 13.0 Å². The van der Waals surface area contributed by atoms with Gasteiger partial charge in [-0.05, 0) is 25.1 Å². The predicted molar refractivity (Wildman–Crippen MR) is 65.5 cm³/mol. The molecule has 4 nitrogen and oxygen atoms in total. The number of rotatable bonds is 5. The number of carbonyl (C=O) groups excluding carboxylic acids is 1. The highest BCUT2D eigenvalue weighted by molar-refractivity contribution is 5.96. The molecule has 0 aliphatic carbocycles. The first-order chi connectivity index (χ1) is 9.19. The maximum Gasteiger partial charge on any atom is 0.391 e. The van der Waals surface area contributed by atoms with Crippen molar-refractivity contribution in [2.45, 2.75) is 25.6 Å². The van der Waals surface area contributed by atoms with Gasteiger partial charge >= 0.3 is 6.18 Å². The molecular formula is C12H14F4N2O2. The molecule has 20 heavy (non-hydrogen) atoms. The molecule has 1 atom stereocenters. The maximum atomic E-state index is 12.8. The van der Waals surface area contributed by atoms with Crippen molar-refractivity contribution in [3.63, 3.8) is 0 Å². The van der Waals surface area contributed by atoms with Crippen LogP contribution in [0.4, 0.5) is 28.9 Å². The summed E-state index contributed by atoms with van der Waals surface area (Å²) in [5, 5.41) is 2.35. The number of hydrogen-bond donors (Lipinski definition) is 2. The third kappa shape index (κ3) is 5.43. The normalized spacial score (nSPS) is 13.1. The SMILES string of the molecule is CC(OCCC(F)(F)F)C(=O)Nc1ccc(F)cc1N. The average molecular weight is 294 g/mol. The number of nitrogens with one attached hydrogen (secondary N) is 1. The van der Waals surface area contributed by atoms with E-state index in [2.05, 4.69) is 5.32 Å². The monoisotopic (exact) mass is 294 g/mol. The van der Waals surface area contributed by atoms with Gasteiger partial charge in [-0.1, -0.05) is 0 Å². The topological polar surface area (TPSA) is 64.3 Å². The Morgan fingerprint density at radius 1 is 1.45 bits per heavy atom. The summed E-state index contributed by atoms with van der Waals surface area (Å²) in [6, 6.07) is 3.37. The van der Waals surface area contributed by atoms with Crippen molar-refractivity contribution in [3.8, 4) is 0 Å². The van der Waals surface area contributed by atoms with Gasteiger partial charge in [0.1, 0.15) is 11.9 Å². The van der Waals surface area contributed by atoms with Crippen LogP contribution in [0.25, 0.3) is 0 Å². The van der Waals surface area contributed by atoms with Gasteiger partial charge in [0.2, 0.25) is 0 Å². The minimum Gasteiger partial charge on any atom is -0.397 e. The van der Waals surface area contributed by atoms with Gasteiger partial charge in [0, 0.05) is 0 Å². The minimum atomic E-state index is -4.34. The first kappa shape index (κ1) is 16.2. The highest BCUT2D eigenvalue weighted by Gasteiger charge is 2.27. The van der Waals surface area contributed by atoms with Crippen LogP contribution in [-0.4, -0.2) is 24.8 Å². The number of nitrogen functional groups attached to an aromatic ring is 1. The fraction of sp³-hybridized carbons (Fsp3) is 0.417. The summed E-state index contributed by atoms with van der Waals surface area (Å²) in [4.78, 5) is 11.6. The van der Waals surface area contributed by atoms with Crippen molar-refractivity contribution in [3.05, 3.63) is 24.0 Å². The number of ether oxygens (including phenoxy) is 1. The smallest absolute Gasteiger partial charge is 0.391 e. The number of carbonyl (C=O) groups is 1. The van der Waals surface area contributed by atoms with Gasteiger partial charge in [-0.25, -0.2) is 4.39 Å². The van der Waals surface area contributed by atoms with Crippen molar-refractivity contribution >= 4 is 17.3 Å². The standard InChI is InChI=1S/C12H14F4N2O2/c1-7(20-5-4-12(14,15)16)11(19)18-10-3-2-8(13)6-9(10)17/h2-3,6-7H,4-5,17H2,1H3,(H,18,19). The van der Waals surface area contributed by atoms with Gasteiger partial charge in [-0.3, -0.25) is 4.79 Å². The van der Waals surface area contributed by atoms with Crippen LogP contribution in [0.5, 0.6) is 0 Å². The quantitative estimate of drug-likeness (QED) is 0.648. The van der Waals surface area contributed by atoms with E-state index in [1.54, 1.807) is 0 Å². The second-order valence-electron chi connectivity index (χ2n) is 4.10. The van der Waals surface area contributed by atoms with Crippen molar-refractivity contribution < 1.29 is 27.1 Å². The average Bonchev–Trinajstić information content (AvgIpc) is 2.30. The summed E-state index contributed by atoms with van der Waals surface area (Å²) in [7, 11) is 0. The van der Waals surface area contributed by atoms with Crippen LogP contribution in [0, 0.1) is 5.82 Å². The molecule has 1 aromatic rings. The summed E-state index contributed by atoms with van der Waals surface area (Å²) in [5.74, 6) is -1.22. The number of halogens is 4. The number of nitrogens with two attached hydrogens (primary N) is 1. The zero-order valence-electron chi connectivity index (χ0n) is 10.6. The van der Waals surface area contributed by atoms with Gasteiger partial charge in [0.15, 0.2) is 0 Å². The van der Waals surface area contributed by atoms with Gasteiger partial charge in [0.05, 0.1) is 24.4 Å². The van der Waals surface area contributed by atoms with Gasteiger partial charge < -0.3 is 15.8 Å². The van der Waals surface area contributed by atoms with Crippen LogP contribution in [0.1, 0.15) is 13.3 Å². The van der Waals surface area contributed by atoms with E-state index in [1.807, 2.05) is 0 Å². The molecule has 0 saturated carbocycles. The molecule has 0 radical (unpaired) electrons. The predicted octanol–water partition coefficient (Wildman–Crippen LogP) is 2.70. The summed E-state index contributed by atoms with van der Waals surface area (Å²) >= 11 is 0. The number of hydrogen-bond acceptors (Lipinski definition) is 3. The molecule has 1 aromatic carbocycles. The number of alkyl halides is 3. The Labute approximate surface area is 112 Å². The van der Waals surface area contributed by atoms with Crippen molar-refractivity contribution in [2.24, 2.45) is 0 Å². The molecule has 1 unspecified atom stereocenters. The summed E-state index contributed by atoms with van der Waals surface area (Å²) in [6.07, 6.45) is -6.55. The Kier molecular flexibility index (Phi) is 5.32. The Balaban J connectivity index is 2.49. The Bertz CT molecular complexity index is 477. The number of anilines is 2. The van der Waals surface area contributed by atoms with Gasteiger partial charge in [-0.15, -0.1) is 0 Å². The lowest BCUT2D eigenvalue weighted by Gasteiger charge is -2.15. The van der Waals surface area contributed by atoms with Crippen LogP contribution in [0.15, 0.2) is 18.2 Å². The lowest BCUT2D eigenvalue weighted by Crippen LogP contribution is -2.29. The van der Waals surface area contributed by atoms with E-state index in [-0.39, 0.29) is 11.4 Å². The fourth-order valence-corrected chi connectivity index (χ4v) is 1.31. The van der Waals surface area contributed by atoms with Crippen molar-refractivity contribution in [1.82, 2.24) is 0 Å². The van der Waals surface area contributed by atoms with Crippen LogP contribution in [0.3, 0.4) is 0 Å². The number of amides is 1. The van der Waals surface area contributed by atoms with E-state index in [9.17, 15) is 22.4 Å². The van der Waals surface area contributed by atoms with Crippen LogP contribution >= 0.6 is 0 Å². The van der Waals surface area contributed by atoms with Crippen LogP contribution in [0.2, 0.25) is 0 Å². The molecule has 1 rings (SSSR count). The minimum absolute atomic E-state index is 0.0147.